The van der Waals surface area contributed by atoms with Crippen molar-refractivity contribution in [3.63, 3.8) is 0 Å². The fraction of sp³-hybridized carbons (Fsp3) is 0.304. The summed E-state index contributed by atoms with van der Waals surface area (Å²) in [5.41, 5.74) is 2.97. The number of carbonyl (C=O) groups is 1. The molecule has 1 saturated heterocycles. The second kappa shape index (κ2) is 8.57. The van der Waals surface area contributed by atoms with Gasteiger partial charge in [0.2, 0.25) is 0 Å². The molecule has 1 amide bonds. The molecular formula is C23H24FN3O3. The molecule has 0 bridgehead atoms. The van der Waals surface area contributed by atoms with Crippen LogP contribution < -0.4 is 15.0 Å². The highest BCUT2D eigenvalue weighted by molar-refractivity contribution is 6.06. The predicted molar refractivity (Wildman–Crippen MR) is 113 cm³/mol. The number of aryl methyl sites for hydroxylation is 2. The summed E-state index contributed by atoms with van der Waals surface area (Å²) >= 11 is 0. The number of para-hydroxylation sites is 1. The molecule has 4 rings (SSSR count). The first kappa shape index (κ1) is 19.9. The molecule has 0 saturated carbocycles. The molecule has 1 aliphatic heterocycles. The number of aromatic nitrogens is 1. The lowest BCUT2D eigenvalue weighted by Gasteiger charge is -2.22. The first-order valence-electron chi connectivity index (χ1n) is 10.0. The maximum Gasteiger partial charge on any atom is 0.255 e. The van der Waals surface area contributed by atoms with Crippen LogP contribution in [0.2, 0.25) is 0 Å². The summed E-state index contributed by atoms with van der Waals surface area (Å²) in [7, 11) is 0. The number of hydrogen-bond donors (Lipinski definition) is 1. The van der Waals surface area contributed by atoms with Crippen LogP contribution in [-0.2, 0) is 6.61 Å². The number of amides is 1. The van der Waals surface area contributed by atoms with Crippen molar-refractivity contribution < 1.29 is 18.4 Å². The maximum atomic E-state index is 14.5. The Kier molecular flexibility index (Phi) is 5.70. The number of benzene rings is 2. The van der Waals surface area contributed by atoms with Crippen LogP contribution in [0.1, 0.15) is 40.2 Å². The zero-order valence-corrected chi connectivity index (χ0v) is 17.1. The second-order valence-corrected chi connectivity index (χ2v) is 7.40. The summed E-state index contributed by atoms with van der Waals surface area (Å²) in [5, 5.41) is 6.66. The lowest BCUT2D eigenvalue weighted by atomic mass is 10.1. The van der Waals surface area contributed by atoms with Crippen molar-refractivity contribution in [2.45, 2.75) is 33.3 Å². The van der Waals surface area contributed by atoms with Crippen LogP contribution in [0.5, 0.6) is 5.75 Å². The molecule has 2 heterocycles. The Hall–Kier alpha value is -3.35. The highest BCUT2D eigenvalue weighted by Crippen LogP contribution is 2.31. The summed E-state index contributed by atoms with van der Waals surface area (Å²) in [6.45, 7) is 5.69. The monoisotopic (exact) mass is 409 g/mol. The maximum absolute atomic E-state index is 14.5. The third kappa shape index (κ3) is 4.15. The Morgan fingerprint density at radius 3 is 2.70 bits per heavy atom. The van der Waals surface area contributed by atoms with Gasteiger partial charge in [-0.3, -0.25) is 4.79 Å². The molecule has 0 atom stereocenters. The Morgan fingerprint density at radius 2 is 1.97 bits per heavy atom. The van der Waals surface area contributed by atoms with E-state index in [-0.39, 0.29) is 11.6 Å². The fourth-order valence-electron chi connectivity index (χ4n) is 3.63. The summed E-state index contributed by atoms with van der Waals surface area (Å²) < 4.78 is 25.5. The summed E-state index contributed by atoms with van der Waals surface area (Å²) in [6, 6.07) is 11.7. The van der Waals surface area contributed by atoms with Crippen LogP contribution in [-0.4, -0.2) is 24.2 Å². The highest BCUT2D eigenvalue weighted by Gasteiger charge is 2.20. The van der Waals surface area contributed by atoms with Crippen LogP contribution in [0.15, 0.2) is 47.0 Å². The molecule has 3 aromatic rings. The number of nitrogens with zero attached hydrogens (tertiary/aromatic N) is 2. The average molecular weight is 409 g/mol. The largest absolute Gasteiger partial charge is 0.489 e. The molecule has 156 valence electrons. The third-order valence-electron chi connectivity index (χ3n) is 5.34. The number of carbonyl (C=O) groups excluding carboxylic acids is 1. The third-order valence-corrected chi connectivity index (χ3v) is 5.34. The van der Waals surface area contributed by atoms with Gasteiger partial charge in [-0.15, -0.1) is 0 Å². The van der Waals surface area contributed by atoms with Gasteiger partial charge in [0.15, 0.2) is 0 Å². The molecule has 0 aliphatic carbocycles. The van der Waals surface area contributed by atoms with Crippen LogP contribution in [0.4, 0.5) is 15.8 Å². The van der Waals surface area contributed by atoms with E-state index >= 15 is 0 Å². The van der Waals surface area contributed by atoms with Crippen molar-refractivity contribution in [2.75, 3.05) is 23.3 Å². The van der Waals surface area contributed by atoms with Gasteiger partial charge in [-0.1, -0.05) is 17.3 Å². The van der Waals surface area contributed by atoms with Gasteiger partial charge in [-0.2, -0.15) is 0 Å². The van der Waals surface area contributed by atoms with E-state index in [9.17, 15) is 9.18 Å². The molecular weight excluding hydrogens is 385 g/mol. The van der Waals surface area contributed by atoms with Gasteiger partial charge in [0.1, 0.15) is 29.6 Å². The van der Waals surface area contributed by atoms with Gasteiger partial charge in [-0.05, 0) is 57.0 Å². The van der Waals surface area contributed by atoms with Crippen LogP contribution in [0.3, 0.4) is 0 Å². The minimum absolute atomic E-state index is 0.214. The van der Waals surface area contributed by atoms with Gasteiger partial charge >= 0.3 is 0 Å². The number of rotatable bonds is 6. The molecule has 6 nitrogen and oxygen atoms in total. The number of anilines is 2. The smallest absolute Gasteiger partial charge is 0.255 e. The molecule has 1 N–H and O–H groups in total. The number of ether oxygens (including phenoxy) is 1. The average Bonchev–Trinajstić information content (AvgIpc) is 3.38. The lowest BCUT2D eigenvalue weighted by Crippen LogP contribution is -2.22. The van der Waals surface area contributed by atoms with Gasteiger partial charge in [0.05, 0.1) is 16.9 Å². The van der Waals surface area contributed by atoms with Crippen molar-refractivity contribution >= 4 is 17.3 Å². The normalized spacial score (nSPS) is 13.5. The Morgan fingerprint density at radius 1 is 1.20 bits per heavy atom. The fourth-order valence-corrected chi connectivity index (χ4v) is 3.63. The quantitative estimate of drug-likeness (QED) is 0.630. The van der Waals surface area contributed by atoms with Crippen molar-refractivity contribution in [1.29, 1.82) is 0 Å². The number of hydrogen-bond acceptors (Lipinski definition) is 5. The topological polar surface area (TPSA) is 67.6 Å². The SMILES string of the molecule is Cc1noc(C)c1COc1cccc(C(=O)Nc2c(F)cccc2N2CCCC2)c1. The molecule has 0 radical (unpaired) electrons. The highest BCUT2D eigenvalue weighted by atomic mass is 19.1. The Bertz CT molecular complexity index is 1040. The minimum atomic E-state index is -0.446. The Balaban J connectivity index is 1.50. The summed E-state index contributed by atoms with van der Waals surface area (Å²) in [6.07, 6.45) is 2.13. The van der Waals surface area contributed by atoms with Gasteiger partial charge in [0.25, 0.3) is 5.91 Å². The van der Waals surface area contributed by atoms with Crippen LogP contribution >= 0.6 is 0 Å². The van der Waals surface area contributed by atoms with E-state index in [0.29, 0.717) is 29.4 Å². The van der Waals surface area contributed by atoms with Crippen molar-refractivity contribution in [3.05, 3.63) is 70.9 Å². The molecule has 2 aromatic carbocycles. The molecule has 0 unspecified atom stereocenters. The van der Waals surface area contributed by atoms with Gasteiger partial charge in [-0.25, -0.2) is 4.39 Å². The van der Waals surface area contributed by atoms with Gasteiger partial charge in [0, 0.05) is 18.7 Å². The second-order valence-electron chi connectivity index (χ2n) is 7.40. The molecule has 0 spiro atoms. The molecule has 30 heavy (non-hydrogen) atoms. The molecule has 7 heteroatoms. The number of halogens is 1. The first-order chi connectivity index (χ1) is 14.5. The van der Waals surface area contributed by atoms with Gasteiger partial charge < -0.3 is 19.5 Å². The summed E-state index contributed by atoms with van der Waals surface area (Å²) in [5.74, 6) is 0.410. The van der Waals surface area contributed by atoms with E-state index in [0.717, 1.165) is 37.2 Å². The van der Waals surface area contributed by atoms with E-state index in [1.165, 1.54) is 6.07 Å². The van der Waals surface area contributed by atoms with E-state index in [4.69, 9.17) is 9.26 Å². The minimum Gasteiger partial charge on any atom is -0.489 e. The lowest BCUT2D eigenvalue weighted by molar-refractivity contribution is 0.102. The van der Waals surface area contributed by atoms with Crippen molar-refractivity contribution in [2.24, 2.45) is 0 Å². The zero-order valence-electron chi connectivity index (χ0n) is 17.1. The summed E-state index contributed by atoms with van der Waals surface area (Å²) in [4.78, 5) is 14.9. The molecule has 1 aromatic heterocycles. The number of nitrogens with one attached hydrogen (secondary N) is 1. The zero-order chi connectivity index (χ0) is 21.1. The van der Waals surface area contributed by atoms with E-state index < -0.39 is 5.82 Å². The van der Waals surface area contributed by atoms with Crippen molar-refractivity contribution in [3.8, 4) is 5.75 Å². The predicted octanol–water partition coefficient (Wildman–Crippen LogP) is 4.86. The van der Waals surface area contributed by atoms with E-state index in [1.54, 1.807) is 30.3 Å². The molecule has 1 aliphatic rings. The van der Waals surface area contributed by atoms with E-state index in [2.05, 4.69) is 15.4 Å². The van der Waals surface area contributed by atoms with Crippen molar-refractivity contribution in [1.82, 2.24) is 5.16 Å². The van der Waals surface area contributed by atoms with E-state index in [1.807, 2.05) is 19.9 Å². The first-order valence-corrected chi connectivity index (χ1v) is 10.0. The van der Waals surface area contributed by atoms with Crippen LogP contribution in [0.25, 0.3) is 0 Å². The standard InChI is InChI=1S/C23H24FN3O3/c1-15-19(16(2)30-26-15)14-29-18-8-5-7-17(13-18)23(28)25-22-20(24)9-6-10-21(22)27-11-3-4-12-27/h5-10,13H,3-4,11-12,14H2,1-2H3,(H,25,28). The molecule has 1 fully saturated rings. The van der Waals surface area contributed by atoms with Crippen LogP contribution in [0, 0.1) is 19.7 Å². The Labute approximate surface area is 174 Å².